The van der Waals surface area contributed by atoms with E-state index in [1.54, 1.807) is 7.11 Å². The van der Waals surface area contributed by atoms with Gasteiger partial charge in [0.05, 0.1) is 12.2 Å². The van der Waals surface area contributed by atoms with E-state index in [1.165, 1.54) is 32.1 Å². The molecule has 108 valence electrons. The monoisotopic (exact) mass is 257 g/mol. The molecular weight excluding hydrogens is 226 g/mol. The summed E-state index contributed by atoms with van der Waals surface area (Å²) >= 11 is 0. The summed E-state index contributed by atoms with van der Waals surface area (Å²) < 4.78 is 4.99. The molecular formula is C15H31NO2. The van der Waals surface area contributed by atoms with Gasteiger partial charge in [0, 0.05) is 13.7 Å². The van der Waals surface area contributed by atoms with Crippen LogP contribution < -0.4 is 5.32 Å². The van der Waals surface area contributed by atoms with Gasteiger partial charge in [0.2, 0.25) is 0 Å². The van der Waals surface area contributed by atoms with Crippen molar-refractivity contribution in [2.75, 3.05) is 26.8 Å². The number of methoxy groups -OCH3 is 1. The third-order valence-electron chi connectivity index (χ3n) is 4.53. The number of aliphatic hydroxyl groups is 1. The summed E-state index contributed by atoms with van der Waals surface area (Å²) in [5, 5.41) is 14.0. The maximum absolute atomic E-state index is 10.6. The Hall–Kier alpha value is -0.120. The maximum atomic E-state index is 10.6. The quantitative estimate of drug-likeness (QED) is 0.657. The van der Waals surface area contributed by atoms with Gasteiger partial charge in [-0.3, -0.25) is 0 Å². The fraction of sp³-hybridized carbons (Fsp3) is 1.00. The molecule has 1 fully saturated rings. The summed E-state index contributed by atoms with van der Waals surface area (Å²) in [5.74, 6) is 1.32. The van der Waals surface area contributed by atoms with Crippen molar-refractivity contribution >= 4 is 0 Å². The summed E-state index contributed by atoms with van der Waals surface area (Å²) in [6.07, 6.45) is 7.16. The van der Waals surface area contributed by atoms with Crippen LogP contribution in [0.25, 0.3) is 0 Å². The Morgan fingerprint density at radius 1 is 1.33 bits per heavy atom. The zero-order chi connectivity index (χ0) is 13.4. The van der Waals surface area contributed by atoms with Crippen LogP contribution in [0.2, 0.25) is 0 Å². The molecule has 2 N–H and O–H groups in total. The van der Waals surface area contributed by atoms with Gasteiger partial charge in [-0.2, -0.15) is 0 Å². The molecule has 0 heterocycles. The van der Waals surface area contributed by atoms with E-state index in [-0.39, 0.29) is 0 Å². The number of rotatable bonds is 8. The molecule has 0 aliphatic heterocycles. The molecule has 3 heteroatoms. The van der Waals surface area contributed by atoms with E-state index in [0.717, 1.165) is 32.0 Å². The number of hydrogen-bond donors (Lipinski definition) is 2. The van der Waals surface area contributed by atoms with Gasteiger partial charge < -0.3 is 15.2 Å². The Morgan fingerprint density at radius 3 is 2.78 bits per heavy atom. The molecule has 0 amide bonds. The molecule has 1 saturated carbocycles. The van der Waals surface area contributed by atoms with Crippen molar-refractivity contribution in [1.82, 2.24) is 5.32 Å². The van der Waals surface area contributed by atoms with Crippen molar-refractivity contribution in [3.8, 4) is 0 Å². The lowest BCUT2D eigenvalue weighted by Crippen LogP contribution is -2.40. The highest BCUT2D eigenvalue weighted by Gasteiger charge is 2.34. The molecule has 0 saturated heterocycles. The summed E-state index contributed by atoms with van der Waals surface area (Å²) in [7, 11) is 1.71. The molecule has 0 radical (unpaired) electrons. The normalized spacial score (nSPS) is 28.0. The Labute approximate surface area is 112 Å². The van der Waals surface area contributed by atoms with Crippen LogP contribution >= 0.6 is 0 Å². The van der Waals surface area contributed by atoms with Crippen LogP contribution in [0.3, 0.4) is 0 Å². The summed E-state index contributed by atoms with van der Waals surface area (Å²) in [6.45, 7) is 6.78. The third-order valence-corrected chi connectivity index (χ3v) is 4.53. The standard InChI is InChI=1S/C15H31NO2/c1-4-13-6-5-7-14(12-13)15(2,17)8-9-16-10-11-18-3/h13-14,16-17H,4-12H2,1-3H3. The lowest BCUT2D eigenvalue weighted by molar-refractivity contribution is -0.0322. The SMILES string of the molecule is CCC1CCCC(C(C)(O)CCNCCOC)C1. The molecule has 1 aliphatic carbocycles. The molecule has 1 aliphatic rings. The van der Waals surface area contributed by atoms with Gasteiger partial charge in [-0.1, -0.05) is 26.2 Å². The fourth-order valence-corrected chi connectivity index (χ4v) is 3.07. The Morgan fingerprint density at radius 2 is 2.11 bits per heavy atom. The molecule has 3 unspecified atom stereocenters. The van der Waals surface area contributed by atoms with Gasteiger partial charge in [0.15, 0.2) is 0 Å². The molecule has 1 rings (SSSR count). The number of hydrogen-bond acceptors (Lipinski definition) is 3. The molecule has 3 nitrogen and oxygen atoms in total. The van der Waals surface area contributed by atoms with Crippen molar-refractivity contribution in [3.63, 3.8) is 0 Å². The van der Waals surface area contributed by atoms with Crippen LogP contribution in [-0.2, 0) is 4.74 Å². The van der Waals surface area contributed by atoms with Gasteiger partial charge in [0.25, 0.3) is 0 Å². The van der Waals surface area contributed by atoms with Crippen LogP contribution in [0.15, 0.2) is 0 Å². The molecule has 0 spiro atoms. The van der Waals surface area contributed by atoms with Crippen molar-refractivity contribution in [2.24, 2.45) is 11.8 Å². The van der Waals surface area contributed by atoms with Crippen molar-refractivity contribution in [2.45, 2.75) is 58.0 Å². The average Bonchev–Trinajstić information content (AvgIpc) is 2.38. The second-order valence-corrected chi connectivity index (χ2v) is 5.99. The van der Waals surface area contributed by atoms with Crippen LogP contribution in [-0.4, -0.2) is 37.5 Å². The van der Waals surface area contributed by atoms with Crippen LogP contribution in [0, 0.1) is 11.8 Å². The van der Waals surface area contributed by atoms with Gasteiger partial charge >= 0.3 is 0 Å². The van der Waals surface area contributed by atoms with Gasteiger partial charge in [0.1, 0.15) is 0 Å². The highest BCUT2D eigenvalue weighted by atomic mass is 16.5. The number of ether oxygens (including phenoxy) is 1. The first-order valence-corrected chi connectivity index (χ1v) is 7.52. The number of nitrogens with one attached hydrogen (secondary N) is 1. The molecule has 0 aromatic rings. The van der Waals surface area contributed by atoms with Gasteiger partial charge in [-0.25, -0.2) is 0 Å². The highest BCUT2D eigenvalue weighted by Crippen LogP contribution is 2.38. The Kier molecular flexibility index (Phi) is 7.20. The minimum absolute atomic E-state index is 0.487. The Balaban J connectivity index is 2.28. The first-order chi connectivity index (χ1) is 8.60. The summed E-state index contributed by atoms with van der Waals surface area (Å²) in [4.78, 5) is 0. The second-order valence-electron chi connectivity index (χ2n) is 5.99. The summed E-state index contributed by atoms with van der Waals surface area (Å²) in [5.41, 5.74) is -0.506. The third kappa shape index (κ3) is 5.25. The molecule has 18 heavy (non-hydrogen) atoms. The van der Waals surface area contributed by atoms with Crippen LogP contribution in [0.1, 0.15) is 52.4 Å². The largest absolute Gasteiger partial charge is 0.390 e. The van der Waals surface area contributed by atoms with Crippen molar-refractivity contribution in [3.05, 3.63) is 0 Å². The van der Waals surface area contributed by atoms with E-state index in [0.29, 0.717) is 5.92 Å². The molecule has 3 atom stereocenters. The van der Waals surface area contributed by atoms with E-state index >= 15 is 0 Å². The second kappa shape index (κ2) is 8.13. The zero-order valence-corrected chi connectivity index (χ0v) is 12.4. The first-order valence-electron chi connectivity index (χ1n) is 7.52. The highest BCUT2D eigenvalue weighted by molar-refractivity contribution is 4.87. The van der Waals surface area contributed by atoms with E-state index in [9.17, 15) is 5.11 Å². The predicted molar refractivity (Wildman–Crippen MR) is 75.7 cm³/mol. The fourth-order valence-electron chi connectivity index (χ4n) is 3.07. The maximum Gasteiger partial charge on any atom is 0.0660 e. The Bertz CT molecular complexity index is 219. The zero-order valence-electron chi connectivity index (χ0n) is 12.4. The summed E-state index contributed by atoms with van der Waals surface area (Å²) in [6, 6.07) is 0. The smallest absolute Gasteiger partial charge is 0.0660 e. The van der Waals surface area contributed by atoms with E-state index < -0.39 is 5.60 Å². The van der Waals surface area contributed by atoms with Crippen LogP contribution in [0.4, 0.5) is 0 Å². The van der Waals surface area contributed by atoms with E-state index in [2.05, 4.69) is 12.2 Å². The van der Waals surface area contributed by atoms with Gasteiger partial charge in [-0.05, 0) is 44.6 Å². The lowest BCUT2D eigenvalue weighted by atomic mass is 9.71. The lowest BCUT2D eigenvalue weighted by Gasteiger charge is -2.38. The molecule has 0 bridgehead atoms. The van der Waals surface area contributed by atoms with Crippen molar-refractivity contribution < 1.29 is 9.84 Å². The van der Waals surface area contributed by atoms with E-state index in [1.807, 2.05) is 6.92 Å². The van der Waals surface area contributed by atoms with Crippen molar-refractivity contribution in [1.29, 1.82) is 0 Å². The minimum atomic E-state index is -0.506. The predicted octanol–water partition coefficient (Wildman–Crippen LogP) is 2.58. The minimum Gasteiger partial charge on any atom is -0.390 e. The molecule has 0 aromatic heterocycles. The average molecular weight is 257 g/mol. The van der Waals surface area contributed by atoms with Gasteiger partial charge in [-0.15, -0.1) is 0 Å². The first kappa shape index (κ1) is 15.9. The molecule has 0 aromatic carbocycles. The topological polar surface area (TPSA) is 41.5 Å². The van der Waals surface area contributed by atoms with Crippen LogP contribution in [0.5, 0.6) is 0 Å². The van der Waals surface area contributed by atoms with E-state index in [4.69, 9.17) is 4.74 Å².